The van der Waals surface area contributed by atoms with E-state index in [4.69, 9.17) is 9.72 Å². The number of hydrogen-bond donors (Lipinski definition) is 2. The lowest BCUT2D eigenvalue weighted by atomic mass is 9.94. The number of thiophene rings is 1. The third-order valence-corrected chi connectivity index (χ3v) is 6.62. The first-order valence-electron chi connectivity index (χ1n) is 11.0. The number of benzene rings is 1. The van der Waals surface area contributed by atoms with E-state index in [1.54, 1.807) is 32.3 Å². The third kappa shape index (κ3) is 4.19. The molecule has 0 unspecified atom stereocenters. The molecule has 0 radical (unpaired) electrons. The molecular formula is C25H31N3O3S. The summed E-state index contributed by atoms with van der Waals surface area (Å²) in [7, 11) is 1.72. The van der Waals surface area contributed by atoms with Crippen LogP contribution in [0.1, 0.15) is 55.0 Å². The zero-order chi connectivity index (χ0) is 23.0. The van der Waals surface area contributed by atoms with Gasteiger partial charge in [0.25, 0.3) is 5.91 Å². The summed E-state index contributed by atoms with van der Waals surface area (Å²) in [4.78, 5) is 19.0. The van der Waals surface area contributed by atoms with Gasteiger partial charge in [-0.3, -0.25) is 9.36 Å². The van der Waals surface area contributed by atoms with Gasteiger partial charge in [0, 0.05) is 0 Å². The van der Waals surface area contributed by atoms with Gasteiger partial charge in [-0.1, -0.05) is 19.9 Å². The normalized spacial score (nSPS) is 13.1. The number of carbonyl (C=O) groups is 1. The van der Waals surface area contributed by atoms with Crippen LogP contribution in [0.25, 0.3) is 16.4 Å². The number of nitrogens with one attached hydrogen (secondary N) is 1. The van der Waals surface area contributed by atoms with Crippen LogP contribution < -0.4 is 10.1 Å². The zero-order valence-electron chi connectivity index (χ0n) is 19.4. The van der Waals surface area contributed by atoms with Crippen molar-refractivity contribution in [2.75, 3.05) is 13.7 Å². The Labute approximate surface area is 193 Å². The molecule has 1 aliphatic rings. The van der Waals surface area contributed by atoms with Crippen molar-refractivity contribution >= 4 is 17.2 Å². The molecule has 0 spiro atoms. The van der Waals surface area contributed by atoms with Crippen LogP contribution >= 0.6 is 11.3 Å². The third-order valence-electron chi connectivity index (χ3n) is 5.76. The number of hydrogen-bond acceptors (Lipinski definition) is 5. The van der Waals surface area contributed by atoms with Gasteiger partial charge in [0.15, 0.2) is 11.5 Å². The van der Waals surface area contributed by atoms with E-state index in [0.717, 1.165) is 46.2 Å². The highest BCUT2D eigenvalue weighted by molar-refractivity contribution is 7.13. The molecule has 32 heavy (non-hydrogen) atoms. The summed E-state index contributed by atoms with van der Waals surface area (Å²) in [5.74, 6) is 1.94. The number of aliphatic hydroxyl groups is 1. The van der Waals surface area contributed by atoms with Gasteiger partial charge in [-0.15, -0.1) is 11.3 Å². The number of methoxy groups -OCH3 is 1. The van der Waals surface area contributed by atoms with E-state index in [1.807, 2.05) is 17.5 Å². The smallest absolute Gasteiger partial charge is 0.272 e. The summed E-state index contributed by atoms with van der Waals surface area (Å²) in [6.45, 7) is 7.85. The molecule has 1 amide bonds. The maximum Gasteiger partial charge on any atom is 0.272 e. The van der Waals surface area contributed by atoms with Gasteiger partial charge in [0.2, 0.25) is 0 Å². The van der Waals surface area contributed by atoms with Crippen molar-refractivity contribution in [1.82, 2.24) is 14.9 Å². The number of ether oxygens (including phenoxy) is 1. The first-order valence-corrected chi connectivity index (χ1v) is 11.9. The highest BCUT2D eigenvalue weighted by Crippen LogP contribution is 2.38. The van der Waals surface area contributed by atoms with E-state index in [2.05, 4.69) is 35.9 Å². The molecule has 7 heteroatoms. The van der Waals surface area contributed by atoms with Gasteiger partial charge >= 0.3 is 0 Å². The summed E-state index contributed by atoms with van der Waals surface area (Å²) in [5.41, 5.74) is 4.04. The average molecular weight is 454 g/mol. The van der Waals surface area contributed by atoms with Gasteiger partial charge < -0.3 is 15.2 Å². The van der Waals surface area contributed by atoms with Crippen LogP contribution in [0.3, 0.4) is 0 Å². The fourth-order valence-corrected chi connectivity index (χ4v) is 4.91. The van der Waals surface area contributed by atoms with Gasteiger partial charge in [-0.2, -0.15) is 0 Å². The number of rotatable bonds is 7. The lowest BCUT2D eigenvalue weighted by Gasteiger charge is -2.25. The Kier molecular flexibility index (Phi) is 6.14. The Bertz CT molecular complexity index is 1130. The molecule has 0 saturated heterocycles. The van der Waals surface area contributed by atoms with Gasteiger partial charge in [-0.25, -0.2) is 4.98 Å². The van der Waals surface area contributed by atoms with Crippen LogP contribution in [0.4, 0.5) is 0 Å². The summed E-state index contributed by atoms with van der Waals surface area (Å²) >= 11 is 1.61. The Morgan fingerprint density at radius 2 is 2.12 bits per heavy atom. The van der Waals surface area contributed by atoms with Crippen LogP contribution in [-0.2, 0) is 19.3 Å². The average Bonchev–Trinajstić information content (AvgIpc) is 3.40. The number of amides is 1. The highest BCUT2D eigenvalue weighted by Gasteiger charge is 2.31. The second-order valence-corrected chi connectivity index (χ2v) is 10.4. The Hall–Kier alpha value is -2.64. The molecular weight excluding hydrogens is 422 g/mol. The van der Waals surface area contributed by atoms with Crippen LogP contribution in [0, 0.1) is 5.92 Å². The monoisotopic (exact) mass is 453 g/mol. The first-order chi connectivity index (χ1) is 15.2. The molecule has 6 nitrogen and oxygen atoms in total. The van der Waals surface area contributed by atoms with Crippen molar-refractivity contribution in [3.63, 3.8) is 0 Å². The van der Waals surface area contributed by atoms with E-state index in [1.165, 1.54) is 5.56 Å². The van der Waals surface area contributed by atoms with Gasteiger partial charge in [0.05, 0.1) is 35.5 Å². The lowest BCUT2D eigenvalue weighted by molar-refractivity contribution is 0.0863. The molecule has 170 valence electrons. The fraction of sp³-hybridized carbons (Fsp3) is 0.440. The molecule has 0 aliphatic carbocycles. The molecule has 2 N–H and O–H groups in total. The largest absolute Gasteiger partial charge is 0.496 e. The minimum atomic E-state index is -0.721. The molecule has 1 aliphatic heterocycles. The molecule has 4 rings (SSSR count). The second kappa shape index (κ2) is 8.71. The second-order valence-electron chi connectivity index (χ2n) is 9.43. The van der Waals surface area contributed by atoms with Crippen molar-refractivity contribution < 1.29 is 14.6 Å². The van der Waals surface area contributed by atoms with Crippen LogP contribution in [-0.4, -0.2) is 39.8 Å². The van der Waals surface area contributed by atoms with E-state index in [-0.39, 0.29) is 12.5 Å². The molecule has 2 aromatic heterocycles. The van der Waals surface area contributed by atoms with Crippen molar-refractivity contribution in [2.45, 2.75) is 52.5 Å². The maximum atomic E-state index is 13.2. The summed E-state index contributed by atoms with van der Waals surface area (Å²) in [5, 5.41) is 14.6. The molecule has 0 fully saturated rings. The predicted molar refractivity (Wildman–Crippen MR) is 128 cm³/mol. The Morgan fingerprint density at radius 3 is 2.75 bits per heavy atom. The van der Waals surface area contributed by atoms with E-state index >= 15 is 0 Å². The quantitative estimate of drug-likeness (QED) is 0.556. The zero-order valence-corrected chi connectivity index (χ0v) is 20.2. The van der Waals surface area contributed by atoms with Gasteiger partial charge in [-0.05, 0) is 73.7 Å². The van der Waals surface area contributed by atoms with Crippen LogP contribution in [0.15, 0.2) is 29.6 Å². The number of fused-ring (bicyclic) bond motifs is 3. The van der Waals surface area contributed by atoms with Crippen LogP contribution in [0.2, 0.25) is 0 Å². The number of aryl methyl sites for hydroxylation is 1. The number of imidazole rings is 1. The fourth-order valence-electron chi connectivity index (χ4n) is 4.21. The number of aromatic nitrogens is 2. The minimum absolute atomic E-state index is 0.145. The predicted octanol–water partition coefficient (Wildman–Crippen LogP) is 4.41. The van der Waals surface area contributed by atoms with Crippen molar-refractivity contribution in [3.8, 4) is 22.1 Å². The summed E-state index contributed by atoms with van der Waals surface area (Å²) in [6, 6.07) is 8.38. The van der Waals surface area contributed by atoms with E-state index in [0.29, 0.717) is 18.0 Å². The van der Waals surface area contributed by atoms with Gasteiger partial charge in [0.1, 0.15) is 5.75 Å². The number of nitrogens with zero attached hydrogens (tertiary/aromatic N) is 2. The molecule has 0 atom stereocenters. The molecule has 3 heterocycles. The Morgan fingerprint density at radius 1 is 1.34 bits per heavy atom. The summed E-state index contributed by atoms with van der Waals surface area (Å²) < 4.78 is 7.85. The topological polar surface area (TPSA) is 76.4 Å². The number of carbonyl (C=O) groups excluding carboxylic acids is 1. The SMILES string of the molecule is COc1cc2c(cc1CC(C)C)-n1c(-c3cccs3)nc(C(=O)NC(C)(C)CO)c1CC2. The van der Waals surface area contributed by atoms with Crippen molar-refractivity contribution in [3.05, 3.63) is 52.2 Å². The van der Waals surface area contributed by atoms with E-state index in [9.17, 15) is 9.90 Å². The molecule has 3 aromatic rings. The van der Waals surface area contributed by atoms with Crippen molar-refractivity contribution in [1.29, 1.82) is 0 Å². The molecule has 0 saturated carbocycles. The highest BCUT2D eigenvalue weighted by atomic mass is 32.1. The molecule has 1 aromatic carbocycles. The number of aliphatic hydroxyl groups excluding tert-OH is 1. The molecule has 0 bridgehead atoms. The Balaban J connectivity index is 1.90. The lowest BCUT2D eigenvalue weighted by Crippen LogP contribution is -2.46. The standard InChI is InChI=1S/C25H31N3O3S/c1-15(2)11-17-12-19-16(13-20(17)31-5)8-9-18-22(24(30)27-25(3,4)14-29)26-23(28(18)19)21-7-6-10-32-21/h6-7,10,12-13,15,29H,8-9,11,14H2,1-5H3,(H,27,30). The first kappa shape index (κ1) is 22.6. The summed E-state index contributed by atoms with van der Waals surface area (Å²) in [6.07, 6.45) is 2.43. The minimum Gasteiger partial charge on any atom is -0.496 e. The van der Waals surface area contributed by atoms with Crippen LogP contribution in [0.5, 0.6) is 5.75 Å². The maximum absolute atomic E-state index is 13.2. The van der Waals surface area contributed by atoms with Crippen molar-refractivity contribution in [2.24, 2.45) is 5.92 Å². The van der Waals surface area contributed by atoms with E-state index < -0.39 is 5.54 Å².